The van der Waals surface area contributed by atoms with Crippen molar-refractivity contribution in [3.63, 3.8) is 0 Å². The molecule has 1 saturated carbocycles. The number of halogens is 1. The molecule has 0 amide bonds. The van der Waals surface area contributed by atoms with Crippen LogP contribution in [0, 0.1) is 23.1 Å². The van der Waals surface area contributed by atoms with Crippen molar-refractivity contribution in [1.29, 1.82) is 5.26 Å². The normalized spacial score (nSPS) is 27.6. The largest absolute Gasteiger partial charge is 0.695 e. The molecule has 0 radical (unpaired) electrons. The molecule has 3 fully saturated rings. The van der Waals surface area contributed by atoms with E-state index in [9.17, 15) is 19.5 Å². The van der Waals surface area contributed by atoms with Gasteiger partial charge in [0.15, 0.2) is 17.7 Å². The highest BCUT2D eigenvalue weighted by molar-refractivity contribution is 8.07. The quantitative estimate of drug-likeness (QED) is 0.0823. The molecule has 24 heteroatoms. The standard InChI is InChI=1S/C37H55FN6O12P2SSi2/c1-22(2)60(23(3)4)50-19-30-33(55-61(56-60,24(5)6)25(7)8)34(37(52-30)44-17-28(38)32-35(44)42-21-43(9)36(32)45)54-58(59,48-14-10-12-39)49-18-26-15-27(16-29(26)53-57(46)47)51-31-11-13-40-20-41-31/h11,13,17,20-27,29-30,33-34,37H,10,14-16,18-19H2,1-9H3/p+1/t26-,27-,29+,30-,33-,34-,37-,58-/m1/s1. The summed E-state index contributed by atoms with van der Waals surface area (Å²) in [6.45, 7) is 12.5. The van der Waals surface area contributed by atoms with E-state index in [1.54, 1.807) is 6.07 Å². The summed E-state index contributed by atoms with van der Waals surface area (Å²) in [6.07, 6.45) is 0.425. The minimum Gasteiger partial charge on any atom is -0.474 e. The molecule has 3 aliphatic rings. The zero-order valence-electron chi connectivity index (χ0n) is 35.8. The second-order valence-electron chi connectivity index (χ2n) is 16.8. The van der Waals surface area contributed by atoms with Gasteiger partial charge in [0.25, 0.3) is 5.56 Å². The number of hydrogen-bond donors (Lipinski definition) is 1. The van der Waals surface area contributed by atoms with E-state index in [2.05, 4.69) is 70.3 Å². The Morgan fingerprint density at radius 1 is 1.10 bits per heavy atom. The predicted molar refractivity (Wildman–Crippen MR) is 228 cm³/mol. The molecule has 3 aromatic rings. The third-order valence-electron chi connectivity index (χ3n) is 11.6. The number of hydrogen-bond acceptors (Lipinski definition) is 16. The van der Waals surface area contributed by atoms with E-state index in [4.69, 9.17) is 52.3 Å². The van der Waals surface area contributed by atoms with Gasteiger partial charge in [-0.3, -0.25) is 9.32 Å². The van der Waals surface area contributed by atoms with Gasteiger partial charge in [0.05, 0.1) is 38.6 Å². The molecule has 6 rings (SSSR count). The molecule has 5 heterocycles. The first-order chi connectivity index (χ1) is 28.8. The van der Waals surface area contributed by atoms with Crippen molar-refractivity contribution < 1.29 is 54.4 Å². The van der Waals surface area contributed by atoms with Crippen molar-refractivity contribution in [2.45, 2.75) is 134 Å². The molecule has 2 aliphatic heterocycles. The first-order valence-corrected chi connectivity index (χ1v) is 28.1. The summed E-state index contributed by atoms with van der Waals surface area (Å²) in [6, 6.07) is 3.65. The first kappa shape index (κ1) is 48.0. The lowest BCUT2D eigenvalue weighted by Crippen LogP contribution is -2.65. The predicted octanol–water partition coefficient (Wildman–Crippen LogP) is 6.97. The highest BCUT2D eigenvalue weighted by Crippen LogP contribution is 2.57. The van der Waals surface area contributed by atoms with Gasteiger partial charge in [-0.25, -0.2) is 19.3 Å². The Labute approximate surface area is 363 Å². The van der Waals surface area contributed by atoms with E-state index in [1.807, 2.05) is 6.07 Å². The maximum Gasteiger partial charge on any atom is 0.695 e. The number of nitriles is 1. The van der Waals surface area contributed by atoms with E-state index >= 15 is 4.39 Å². The summed E-state index contributed by atoms with van der Waals surface area (Å²) in [4.78, 5) is 35.5. The van der Waals surface area contributed by atoms with Crippen LogP contribution in [-0.4, -0.2) is 96.4 Å². The molecule has 0 aromatic carbocycles. The van der Waals surface area contributed by atoms with Gasteiger partial charge in [0.1, 0.15) is 42.2 Å². The van der Waals surface area contributed by atoms with Crippen molar-refractivity contribution in [1.82, 2.24) is 24.1 Å². The van der Waals surface area contributed by atoms with Gasteiger partial charge in [-0.1, -0.05) is 55.4 Å². The van der Waals surface area contributed by atoms with Gasteiger partial charge in [0, 0.05) is 42.4 Å². The van der Waals surface area contributed by atoms with E-state index in [-0.39, 0.29) is 65.9 Å². The van der Waals surface area contributed by atoms with Crippen LogP contribution < -0.4 is 10.3 Å². The molecule has 1 unspecified atom stereocenters. The van der Waals surface area contributed by atoms with E-state index in [1.165, 1.54) is 35.0 Å². The summed E-state index contributed by atoms with van der Waals surface area (Å²) in [5.41, 5.74) is -0.691. The molecule has 18 nitrogen and oxygen atoms in total. The molecular formula is C37H56FN6O12P2SSi2+. The van der Waals surface area contributed by atoms with Crippen molar-refractivity contribution in [3.8, 4) is 11.9 Å². The van der Waals surface area contributed by atoms with Crippen molar-refractivity contribution in [3.05, 3.63) is 47.3 Å². The lowest BCUT2D eigenvalue weighted by Gasteiger charge is -2.51. The minimum atomic E-state index is -3.94. The zero-order chi connectivity index (χ0) is 44.4. The van der Waals surface area contributed by atoms with Gasteiger partial charge in [-0.2, -0.15) is 5.26 Å². The number of aryl methyl sites for hydroxylation is 1. The number of fused-ring (bicyclic) bond motifs is 2. The Morgan fingerprint density at radius 2 is 1.80 bits per heavy atom. The van der Waals surface area contributed by atoms with Crippen LogP contribution in [0.3, 0.4) is 0 Å². The van der Waals surface area contributed by atoms with Crippen molar-refractivity contribution >= 4 is 54.9 Å². The SMILES string of the molecule is CC(C)[Si]1(C(C)C)OC[C@H]2O[C@@H](n3cc(F)c4c(=O)n(C)cnc43)[C@H](O[P@@](=S)(OCCC#N)OC[C@H]3C[C@@H](Oc4ccncn4)C[C@@H]3O[P+](=O)O)[C@@H]2O[Si](C(C)C)(C(C)C)O1. The fourth-order valence-corrected chi connectivity index (χ4v) is 22.4. The molecule has 0 bridgehead atoms. The lowest BCUT2D eigenvalue weighted by atomic mass is 10.1. The average Bonchev–Trinajstić information content (AvgIpc) is 3.83. The number of aromatic nitrogens is 5. The summed E-state index contributed by atoms with van der Waals surface area (Å²) < 4.78 is 90.1. The first-order valence-electron chi connectivity index (χ1n) is 20.4. The third kappa shape index (κ3) is 10.1. The maximum absolute atomic E-state index is 15.9. The van der Waals surface area contributed by atoms with Crippen LogP contribution in [0.5, 0.6) is 5.88 Å². The highest BCUT2D eigenvalue weighted by Gasteiger charge is 2.63. The second-order valence-corrected chi connectivity index (χ2v) is 29.3. The van der Waals surface area contributed by atoms with Crippen LogP contribution in [0.25, 0.3) is 11.0 Å². The third-order valence-corrected chi connectivity index (χ3v) is 24.6. The monoisotopic (exact) mass is 945 g/mol. The van der Waals surface area contributed by atoms with Crippen LogP contribution in [0.4, 0.5) is 4.39 Å². The fourth-order valence-electron chi connectivity index (χ4n) is 8.55. The Morgan fingerprint density at radius 3 is 2.43 bits per heavy atom. The van der Waals surface area contributed by atoms with Crippen molar-refractivity contribution in [2.75, 3.05) is 19.8 Å². The van der Waals surface area contributed by atoms with Gasteiger partial charge >= 0.3 is 32.1 Å². The summed E-state index contributed by atoms with van der Waals surface area (Å²) in [5.74, 6) is -1.02. The molecule has 1 aliphatic carbocycles. The number of rotatable bonds is 17. The van der Waals surface area contributed by atoms with Gasteiger partial charge in [0.2, 0.25) is 5.88 Å². The van der Waals surface area contributed by atoms with E-state index in [0.717, 1.165) is 6.20 Å². The van der Waals surface area contributed by atoms with Gasteiger partial charge < -0.3 is 40.6 Å². The van der Waals surface area contributed by atoms with Crippen LogP contribution in [0.15, 0.2) is 35.9 Å². The van der Waals surface area contributed by atoms with Crippen molar-refractivity contribution in [2.24, 2.45) is 13.0 Å². The number of nitrogens with zero attached hydrogens (tertiary/aromatic N) is 6. The topological polar surface area (TPSA) is 210 Å². The lowest BCUT2D eigenvalue weighted by molar-refractivity contribution is -0.0568. The molecule has 1 N–H and O–H groups in total. The fraction of sp³-hybridized carbons (Fsp3) is 0.703. The average molecular weight is 946 g/mol. The van der Waals surface area contributed by atoms with Crippen LogP contribution in [-0.2, 0) is 59.2 Å². The zero-order valence-corrected chi connectivity index (χ0v) is 40.4. The molecule has 0 spiro atoms. The van der Waals surface area contributed by atoms with E-state index in [0.29, 0.717) is 12.3 Å². The minimum absolute atomic E-state index is 0.00774. The van der Waals surface area contributed by atoms with E-state index < -0.39 is 86.1 Å². The summed E-state index contributed by atoms with van der Waals surface area (Å²) in [7, 11) is -7.87. The van der Waals surface area contributed by atoms with Gasteiger partial charge in [-0.05, 0) is 40.4 Å². The Bertz CT molecular complexity index is 2150. The van der Waals surface area contributed by atoms with Crippen LogP contribution >= 0.6 is 15.0 Å². The number of ether oxygens (including phenoxy) is 2. The Kier molecular flexibility index (Phi) is 15.5. The Hall–Kier alpha value is -2.46. The van der Waals surface area contributed by atoms with Gasteiger partial charge in [-0.15, -0.1) is 9.42 Å². The molecular weight excluding hydrogens is 890 g/mol. The smallest absolute Gasteiger partial charge is 0.474 e. The van der Waals surface area contributed by atoms with Crippen LogP contribution in [0.2, 0.25) is 22.2 Å². The maximum atomic E-state index is 15.9. The Balaban J connectivity index is 1.42. The molecule has 9 atom stereocenters. The van der Waals surface area contributed by atoms with Crippen LogP contribution in [0.1, 0.15) is 80.9 Å². The molecule has 61 heavy (non-hydrogen) atoms. The summed E-state index contributed by atoms with van der Waals surface area (Å²) >= 11 is 6.14. The molecule has 3 aromatic heterocycles. The highest BCUT2D eigenvalue weighted by atomic mass is 32.5. The molecule has 2 saturated heterocycles. The second kappa shape index (κ2) is 19.7. The molecule has 336 valence electrons. The summed E-state index contributed by atoms with van der Waals surface area (Å²) in [5, 5.41) is 9.25.